The third-order valence-corrected chi connectivity index (χ3v) is 1.60. The molecule has 1 heterocycles. The first-order valence-corrected chi connectivity index (χ1v) is 4.93. The van der Waals surface area contributed by atoms with Gasteiger partial charge in [-0.25, -0.2) is 4.98 Å². The molecule has 0 aliphatic rings. The van der Waals surface area contributed by atoms with Crippen LogP contribution in [0.15, 0.2) is 18.3 Å². The first-order valence-electron chi connectivity index (χ1n) is 4.93. The van der Waals surface area contributed by atoms with E-state index >= 15 is 0 Å². The van der Waals surface area contributed by atoms with Crippen LogP contribution in [0, 0.1) is 6.42 Å². The van der Waals surface area contributed by atoms with Crippen molar-refractivity contribution in [3.63, 3.8) is 0 Å². The molecule has 0 aromatic carbocycles. The number of hydrogen-bond donors (Lipinski definition) is 2. The molecule has 0 spiro atoms. The molecule has 1 aromatic rings. The first-order chi connectivity index (χ1) is 7.15. The molecule has 0 saturated carbocycles. The molecule has 3 N–H and O–H groups in total. The number of aliphatic hydroxyl groups excluding tert-OH is 1. The monoisotopic (exact) mass is 394 g/mol. The van der Waals surface area contributed by atoms with Crippen molar-refractivity contribution in [2.75, 3.05) is 30.8 Å². The number of nitrogens with two attached hydrogens (primary N) is 1. The van der Waals surface area contributed by atoms with Gasteiger partial charge in [0, 0.05) is 52.6 Å². The number of likely N-dealkylation sites (N-methyl/N-ethyl adjacent to an activating group) is 1. The Bertz CT molecular complexity index is 271. The van der Waals surface area contributed by atoms with Gasteiger partial charge in [-0.15, -0.1) is 0 Å². The summed E-state index contributed by atoms with van der Waals surface area (Å²) in [4.78, 5) is 5.94. The second-order valence-electron chi connectivity index (χ2n) is 3.17. The summed E-state index contributed by atoms with van der Waals surface area (Å²) in [7, 11) is 1.86. The summed E-state index contributed by atoms with van der Waals surface area (Å²) in [5.41, 5.74) is 6.25. The molecule has 0 radical (unpaired) electrons. The summed E-state index contributed by atoms with van der Waals surface area (Å²) in [6, 6.07) is 3.51. The van der Waals surface area contributed by atoms with Crippen LogP contribution in [-0.2, 0) is 21.1 Å². The minimum absolute atomic E-state index is 0. The molecule has 1 aromatic heterocycles. The van der Waals surface area contributed by atoms with Gasteiger partial charge in [0.05, 0.1) is 6.61 Å². The largest absolute Gasteiger partial charge is 0.399 e. The van der Waals surface area contributed by atoms with Crippen molar-refractivity contribution in [1.29, 1.82) is 0 Å². The average molecular weight is 394 g/mol. The Morgan fingerprint density at radius 2 is 2.06 bits per heavy atom. The van der Waals surface area contributed by atoms with E-state index in [2.05, 4.69) is 4.98 Å². The van der Waals surface area contributed by atoms with Gasteiger partial charge < -0.3 is 22.2 Å². The van der Waals surface area contributed by atoms with Gasteiger partial charge in [-0.1, -0.05) is 0 Å². The number of rotatable bonds is 3. The summed E-state index contributed by atoms with van der Waals surface area (Å²) in [5.74, 6) is 0.782. The average Bonchev–Trinajstić information content (AvgIpc) is 2.19. The third-order valence-electron chi connectivity index (χ3n) is 1.60. The van der Waals surface area contributed by atoms with Gasteiger partial charge in [-0.05, 0) is 6.07 Å². The number of anilines is 2. The van der Waals surface area contributed by atoms with Gasteiger partial charge in [0.15, 0.2) is 0 Å². The van der Waals surface area contributed by atoms with Crippen LogP contribution in [0.4, 0.5) is 11.5 Å². The van der Waals surface area contributed by atoms with E-state index in [-0.39, 0.29) is 27.7 Å². The maximum absolute atomic E-state index is 8.67. The fourth-order valence-corrected chi connectivity index (χ4v) is 0.907. The van der Waals surface area contributed by atoms with Crippen LogP contribution < -0.4 is 10.6 Å². The number of nitrogens with zero attached hydrogens (tertiary/aromatic N) is 2. The van der Waals surface area contributed by atoms with Crippen molar-refractivity contribution >= 4 is 11.5 Å². The molecule has 1 rings (SSSR count). The van der Waals surface area contributed by atoms with Crippen LogP contribution in [0.2, 0.25) is 0 Å². The Hall–Kier alpha value is -0.602. The molecule has 0 aliphatic carbocycles. The van der Waals surface area contributed by atoms with E-state index in [0.717, 1.165) is 5.82 Å². The minimum Gasteiger partial charge on any atom is -0.399 e. The molecule has 0 amide bonds. The summed E-state index contributed by atoms with van der Waals surface area (Å²) in [6.07, 6.45) is 3.65. The van der Waals surface area contributed by atoms with Crippen LogP contribution in [-0.4, -0.2) is 30.3 Å². The Labute approximate surface area is 112 Å². The first kappa shape index (κ1) is 17.8. The topological polar surface area (TPSA) is 62.4 Å². The fraction of sp³-hybridized carbons (Fsp3) is 0.455. The Morgan fingerprint density at radius 3 is 2.50 bits per heavy atom. The van der Waals surface area contributed by atoms with Crippen molar-refractivity contribution in [2.24, 2.45) is 0 Å². The zero-order valence-electron chi connectivity index (χ0n) is 10.1. The van der Waals surface area contributed by atoms with Crippen molar-refractivity contribution in [1.82, 2.24) is 4.98 Å². The predicted molar refractivity (Wildman–Crippen MR) is 64.7 cm³/mol. The molecule has 0 saturated heterocycles. The third kappa shape index (κ3) is 7.66. The van der Waals surface area contributed by atoms with Gasteiger partial charge in [-0.2, -0.15) is 13.8 Å². The summed E-state index contributed by atoms with van der Waals surface area (Å²) < 4.78 is 0. The van der Waals surface area contributed by atoms with Gasteiger partial charge in [0.2, 0.25) is 0 Å². The van der Waals surface area contributed by atoms with Crippen molar-refractivity contribution in [2.45, 2.75) is 13.8 Å². The number of hydrogen-bond acceptors (Lipinski definition) is 4. The SMILES string of the molecule is CN(CCO)c1cc(N)ccn1.C[CH-]C.[W]. The predicted octanol–water partition coefficient (Wildman–Crippen LogP) is 1.32. The minimum atomic E-state index is 0. The smallest absolute Gasteiger partial charge is 0.130 e. The van der Waals surface area contributed by atoms with E-state index in [0.29, 0.717) is 12.2 Å². The molecule has 16 heavy (non-hydrogen) atoms. The molecule has 0 fully saturated rings. The van der Waals surface area contributed by atoms with E-state index in [4.69, 9.17) is 10.8 Å². The van der Waals surface area contributed by atoms with Crippen LogP contribution in [0.25, 0.3) is 0 Å². The van der Waals surface area contributed by atoms with Crippen molar-refractivity contribution < 1.29 is 26.2 Å². The molecule has 0 aliphatic heterocycles. The van der Waals surface area contributed by atoms with Gasteiger partial charge in [0.1, 0.15) is 5.82 Å². The van der Waals surface area contributed by atoms with Crippen molar-refractivity contribution in [3.05, 3.63) is 24.8 Å². The van der Waals surface area contributed by atoms with Crippen molar-refractivity contribution in [3.8, 4) is 0 Å². The molecule has 0 atom stereocenters. The normalized spacial score (nSPS) is 8.50. The van der Waals surface area contributed by atoms with Crippen LogP contribution in [0.1, 0.15) is 13.8 Å². The van der Waals surface area contributed by atoms with E-state index in [1.165, 1.54) is 0 Å². The summed E-state index contributed by atoms with van der Waals surface area (Å²) in [5, 5.41) is 8.67. The second-order valence-corrected chi connectivity index (χ2v) is 3.17. The van der Waals surface area contributed by atoms with Gasteiger partial charge in [0.25, 0.3) is 0 Å². The standard InChI is InChI=1S/C8H13N3O.C3H7.W/c1-11(4-5-12)8-6-7(9)2-3-10-8;1-3-2;/h2-3,6,12H,4-5H2,1H3,(H2,9,10);3H,1-2H3;/q;-1;. The molecule has 0 bridgehead atoms. The van der Waals surface area contributed by atoms with E-state index in [9.17, 15) is 0 Å². The number of aromatic nitrogens is 1. The number of pyridine rings is 1. The van der Waals surface area contributed by atoms with E-state index in [1.54, 1.807) is 18.3 Å². The van der Waals surface area contributed by atoms with Crippen LogP contribution in [0.3, 0.4) is 0 Å². The zero-order valence-corrected chi connectivity index (χ0v) is 13.0. The summed E-state index contributed by atoms with van der Waals surface area (Å²) in [6.45, 7) is 4.68. The van der Waals surface area contributed by atoms with Gasteiger partial charge >= 0.3 is 0 Å². The molecule has 4 nitrogen and oxygen atoms in total. The number of nitrogen functional groups attached to an aromatic ring is 1. The van der Waals surface area contributed by atoms with E-state index < -0.39 is 0 Å². The maximum Gasteiger partial charge on any atom is 0.130 e. The Kier molecular flexibility index (Phi) is 12.1. The Balaban J connectivity index is 0. The van der Waals surface area contributed by atoms with Crippen LogP contribution in [0.5, 0.6) is 0 Å². The van der Waals surface area contributed by atoms with Gasteiger partial charge in [-0.3, -0.25) is 0 Å². The molecule has 0 unspecified atom stereocenters. The molecular weight excluding hydrogens is 374 g/mol. The zero-order chi connectivity index (χ0) is 11.7. The van der Waals surface area contributed by atoms with E-state index in [1.807, 2.05) is 32.2 Å². The van der Waals surface area contributed by atoms with Crippen LogP contribution >= 0.6 is 0 Å². The maximum atomic E-state index is 8.67. The molecule has 5 heteroatoms. The quantitative estimate of drug-likeness (QED) is 0.760. The second kappa shape index (κ2) is 10.9. The Morgan fingerprint density at radius 1 is 1.50 bits per heavy atom. The number of aliphatic hydroxyl groups is 1. The molecule has 92 valence electrons. The summed E-state index contributed by atoms with van der Waals surface area (Å²) >= 11 is 0. The molecular formula is C11H20N3OW-. The fourth-order valence-electron chi connectivity index (χ4n) is 0.907.